The molecule has 0 amide bonds. The van der Waals surface area contributed by atoms with Gasteiger partial charge in [0.25, 0.3) is 0 Å². The smallest absolute Gasteiger partial charge is 0.190 e. The molecule has 1 aliphatic heterocycles. The number of nitrogens with two attached hydrogens (primary N) is 1. The Morgan fingerprint density at radius 2 is 2.14 bits per heavy atom. The summed E-state index contributed by atoms with van der Waals surface area (Å²) >= 11 is 0. The SMILES string of the molecule is COC1CCC(C(=O)C[NH+]2CC(C)CCC2N)CC1[NH+]([O-])O. The standard InChI is InChI=1S/C15H29N3O4/c1-10-3-6-15(16)17(8-10)9-13(19)11-4-5-14(22-2)12(7-11)18(20)21/h10-12,14-15,18,20H,3-9,16H2,1-2H3/p+1. The lowest BCUT2D eigenvalue weighted by Crippen LogP contribution is -3.19. The van der Waals surface area contributed by atoms with E-state index in [1.165, 1.54) is 0 Å². The number of hydrogen-bond acceptors (Lipinski definition) is 5. The minimum Gasteiger partial charge on any atom is -0.600 e. The van der Waals surface area contributed by atoms with Crippen molar-refractivity contribution in [1.29, 1.82) is 0 Å². The minimum absolute atomic E-state index is 0.0331. The lowest BCUT2D eigenvalue weighted by atomic mass is 9.81. The number of carbonyl (C=O) groups excluding carboxylic acids is 1. The molecule has 2 rings (SSSR count). The molecule has 7 unspecified atom stereocenters. The third-order valence-electron chi connectivity index (χ3n) is 5.37. The van der Waals surface area contributed by atoms with Gasteiger partial charge in [0.15, 0.2) is 5.78 Å². The molecule has 7 heteroatoms. The summed E-state index contributed by atoms with van der Waals surface area (Å²) in [4.78, 5) is 13.7. The number of hydroxylamine groups is 2. The van der Waals surface area contributed by atoms with E-state index < -0.39 is 11.3 Å². The van der Waals surface area contributed by atoms with Crippen LogP contribution in [0.3, 0.4) is 0 Å². The first kappa shape index (κ1) is 17.8. The third kappa shape index (κ3) is 4.24. The van der Waals surface area contributed by atoms with Gasteiger partial charge in [-0.05, 0) is 19.3 Å². The van der Waals surface area contributed by atoms with Crippen LogP contribution in [0.5, 0.6) is 0 Å². The highest BCUT2D eigenvalue weighted by molar-refractivity contribution is 5.82. The summed E-state index contributed by atoms with van der Waals surface area (Å²) in [6.45, 7) is 3.56. The second-order valence-electron chi connectivity index (χ2n) is 7.02. The summed E-state index contributed by atoms with van der Waals surface area (Å²) in [5.74, 6) is 0.600. The quantitative estimate of drug-likeness (QED) is 0.444. The van der Waals surface area contributed by atoms with E-state index in [0.29, 0.717) is 25.3 Å². The number of ketones is 1. The predicted molar refractivity (Wildman–Crippen MR) is 80.1 cm³/mol. The molecule has 1 saturated heterocycles. The molecule has 0 aromatic heterocycles. The van der Waals surface area contributed by atoms with E-state index in [-0.39, 0.29) is 24.0 Å². The van der Waals surface area contributed by atoms with E-state index in [9.17, 15) is 15.2 Å². The van der Waals surface area contributed by atoms with Crippen molar-refractivity contribution in [3.8, 4) is 0 Å². The number of nitrogens with one attached hydrogen (secondary N) is 2. The number of ether oxygens (including phenoxy) is 1. The van der Waals surface area contributed by atoms with E-state index in [1.54, 1.807) is 7.11 Å². The summed E-state index contributed by atoms with van der Waals surface area (Å²) in [7, 11) is 1.54. The molecule has 7 nitrogen and oxygen atoms in total. The number of carbonyl (C=O) groups is 1. The van der Waals surface area contributed by atoms with Crippen LogP contribution in [0.2, 0.25) is 0 Å². The van der Waals surface area contributed by atoms with Crippen molar-refractivity contribution >= 4 is 5.78 Å². The number of hydrogen-bond donors (Lipinski definition) is 4. The average molecular weight is 316 g/mol. The Labute approximate surface area is 131 Å². The minimum atomic E-state index is -0.861. The zero-order chi connectivity index (χ0) is 16.3. The zero-order valence-corrected chi connectivity index (χ0v) is 13.6. The van der Waals surface area contributed by atoms with Gasteiger partial charge in [0, 0.05) is 31.8 Å². The van der Waals surface area contributed by atoms with Crippen molar-refractivity contribution in [3.63, 3.8) is 0 Å². The first-order valence-corrected chi connectivity index (χ1v) is 8.30. The first-order chi connectivity index (χ1) is 10.4. The van der Waals surface area contributed by atoms with Crippen molar-refractivity contribution in [2.75, 3.05) is 20.2 Å². The lowest BCUT2D eigenvalue weighted by Gasteiger charge is -2.38. The Bertz CT molecular complexity index is 380. The molecule has 0 bridgehead atoms. The number of quaternary nitrogens is 2. The fourth-order valence-corrected chi connectivity index (χ4v) is 3.92. The molecular weight excluding hydrogens is 286 g/mol. The van der Waals surface area contributed by atoms with E-state index in [1.807, 2.05) is 0 Å². The van der Waals surface area contributed by atoms with Gasteiger partial charge < -0.3 is 14.8 Å². The fraction of sp³-hybridized carbons (Fsp3) is 0.933. The monoisotopic (exact) mass is 316 g/mol. The highest BCUT2D eigenvalue weighted by atomic mass is 16.8. The average Bonchev–Trinajstić information content (AvgIpc) is 2.50. The lowest BCUT2D eigenvalue weighted by molar-refractivity contribution is -1.07. The molecule has 5 N–H and O–H groups in total. The van der Waals surface area contributed by atoms with Gasteiger partial charge in [-0.15, -0.1) is 0 Å². The van der Waals surface area contributed by atoms with Gasteiger partial charge in [0.2, 0.25) is 0 Å². The molecule has 1 aliphatic carbocycles. The molecule has 22 heavy (non-hydrogen) atoms. The van der Waals surface area contributed by atoms with Crippen LogP contribution in [-0.4, -0.2) is 49.5 Å². The summed E-state index contributed by atoms with van der Waals surface area (Å²) in [5, 5.41) is 19.8. The van der Waals surface area contributed by atoms with Crippen LogP contribution in [-0.2, 0) is 9.53 Å². The van der Waals surface area contributed by atoms with Gasteiger partial charge in [-0.25, -0.2) is 10.4 Å². The van der Waals surface area contributed by atoms with Gasteiger partial charge >= 0.3 is 0 Å². The van der Waals surface area contributed by atoms with E-state index in [4.69, 9.17) is 10.5 Å². The first-order valence-electron chi connectivity index (χ1n) is 8.30. The van der Waals surface area contributed by atoms with Crippen molar-refractivity contribution in [2.24, 2.45) is 17.6 Å². The number of Topliss-reactive ketones (excluding diaryl/α,β-unsaturated/α-hetero) is 1. The van der Waals surface area contributed by atoms with Crippen molar-refractivity contribution in [1.82, 2.24) is 0 Å². The molecule has 1 heterocycles. The molecule has 7 atom stereocenters. The summed E-state index contributed by atoms with van der Waals surface area (Å²) in [6, 6.07) is -0.573. The zero-order valence-electron chi connectivity index (χ0n) is 13.6. The summed E-state index contributed by atoms with van der Waals surface area (Å²) in [5.41, 5.74) is 6.13. The second kappa shape index (κ2) is 7.81. The maximum atomic E-state index is 12.6. The van der Waals surface area contributed by atoms with E-state index >= 15 is 0 Å². The van der Waals surface area contributed by atoms with Crippen molar-refractivity contribution in [2.45, 2.75) is 57.3 Å². The Morgan fingerprint density at radius 1 is 1.41 bits per heavy atom. The molecular formula is C15H30N3O4+. The highest BCUT2D eigenvalue weighted by Gasteiger charge is 2.39. The largest absolute Gasteiger partial charge is 0.600 e. The third-order valence-corrected chi connectivity index (χ3v) is 5.37. The topological polar surface area (TPSA) is 104 Å². The maximum Gasteiger partial charge on any atom is 0.190 e. The normalized spacial score (nSPS) is 41.1. The Hall–Kier alpha value is -0.570. The summed E-state index contributed by atoms with van der Waals surface area (Å²) in [6.07, 6.45) is 3.60. The number of rotatable bonds is 5. The van der Waals surface area contributed by atoms with E-state index in [0.717, 1.165) is 30.7 Å². The van der Waals surface area contributed by atoms with Gasteiger partial charge in [0.1, 0.15) is 24.9 Å². The highest BCUT2D eigenvalue weighted by Crippen LogP contribution is 2.25. The van der Waals surface area contributed by atoms with Gasteiger partial charge in [-0.1, -0.05) is 6.92 Å². The summed E-state index contributed by atoms with van der Waals surface area (Å²) < 4.78 is 5.26. The fourth-order valence-electron chi connectivity index (χ4n) is 3.92. The maximum absolute atomic E-state index is 12.6. The predicted octanol–water partition coefficient (Wildman–Crippen LogP) is -1.89. The van der Waals surface area contributed by atoms with Crippen LogP contribution < -0.4 is 15.9 Å². The second-order valence-corrected chi connectivity index (χ2v) is 7.02. The van der Waals surface area contributed by atoms with Crippen LogP contribution in [0, 0.1) is 17.0 Å². The molecule has 0 spiro atoms. The van der Waals surface area contributed by atoms with Gasteiger partial charge in [-0.3, -0.25) is 10.5 Å². The van der Waals surface area contributed by atoms with E-state index in [2.05, 4.69) is 6.92 Å². The van der Waals surface area contributed by atoms with Gasteiger partial charge in [0.05, 0.1) is 6.54 Å². The molecule has 0 radical (unpaired) electrons. The van der Waals surface area contributed by atoms with Crippen LogP contribution in [0.25, 0.3) is 0 Å². The number of likely N-dealkylation sites (tertiary alicyclic amines) is 1. The Kier molecular flexibility index (Phi) is 6.31. The van der Waals surface area contributed by atoms with Crippen molar-refractivity contribution in [3.05, 3.63) is 5.21 Å². The molecule has 1 saturated carbocycles. The molecule has 0 aromatic rings. The van der Waals surface area contributed by atoms with Crippen LogP contribution >= 0.6 is 0 Å². The molecule has 2 aliphatic rings. The molecule has 128 valence electrons. The molecule has 2 fully saturated rings. The number of piperidine rings is 1. The Morgan fingerprint density at radius 3 is 2.77 bits per heavy atom. The van der Waals surface area contributed by atoms with Crippen LogP contribution in [0.1, 0.15) is 39.0 Å². The van der Waals surface area contributed by atoms with Crippen molar-refractivity contribution < 1.29 is 24.9 Å². The van der Waals surface area contributed by atoms with Gasteiger partial charge in [-0.2, -0.15) is 0 Å². The Balaban J connectivity index is 1.92. The van der Waals surface area contributed by atoms with Crippen LogP contribution in [0.15, 0.2) is 0 Å². The molecule has 0 aromatic carbocycles. The number of methoxy groups -OCH3 is 1. The van der Waals surface area contributed by atoms with Crippen LogP contribution in [0.4, 0.5) is 0 Å².